The molecule has 0 aromatic heterocycles. The van der Waals surface area contributed by atoms with Gasteiger partial charge in [0.2, 0.25) is 0 Å². The van der Waals surface area contributed by atoms with Gasteiger partial charge in [-0.05, 0) is 11.1 Å². The molecule has 2 fully saturated rings. The summed E-state index contributed by atoms with van der Waals surface area (Å²) in [4.78, 5) is 2.94. The van der Waals surface area contributed by atoms with E-state index in [9.17, 15) is 14.3 Å². The summed E-state index contributed by atoms with van der Waals surface area (Å²) in [6, 6.07) is 8.51. The van der Waals surface area contributed by atoms with Crippen LogP contribution in [0.4, 0.5) is 8.78 Å². The zero-order valence-corrected chi connectivity index (χ0v) is 21.6. The third-order valence-corrected chi connectivity index (χ3v) is 11.3. The topological polar surface area (TPSA) is 94.9 Å². The van der Waals surface area contributed by atoms with Gasteiger partial charge in [0.15, 0.2) is 6.29 Å². The fourth-order valence-electron chi connectivity index (χ4n) is 4.95. The van der Waals surface area contributed by atoms with Gasteiger partial charge >= 0.3 is 8.56 Å². The number of halogens is 2. The molecule has 0 saturated carbocycles. The number of benzene rings is 1. The lowest BCUT2D eigenvalue weighted by Gasteiger charge is -2.57. The zero-order chi connectivity index (χ0) is 25.1. The predicted octanol–water partition coefficient (Wildman–Crippen LogP) is 5.72. The third-order valence-electron chi connectivity index (χ3n) is 6.20. The first-order chi connectivity index (χ1) is 15.9. The van der Waals surface area contributed by atoms with Gasteiger partial charge in [-0.1, -0.05) is 77.0 Å². The lowest BCUT2D eigenvalue weighted by molar-refractivity contribution is -0.288. The second-order valence-corrected chi connectivity index (χ2v) is 15.5. The Hall–Kier alpha value is -1.59. The molecule has 2 heterocycles. The van der Waals surface area contributed by atoms with E-state index in [0.717, 1.165) is 5.56 Å². The van der Waals surface area contributed by atoms with E-state index in [-0.39, 0.29) is 23.3 Å². The van der Waals surface area contributed by atoms with Crippen molar-refractivity contribution in [2.45, 2.75) is 95.3 Å². The molecule has 0 radical (unpaired) electrons. The van der Waals surface area contributed by atoms with Gasteiger partial charge in [-0.15, -0.1) is 0 Å². The van der Waals surface area contributed by atoms with E-state index in [2.05, 4.69) is 51.6 Å². The molecule has 8 nitrogen and oxygen atoms in total. The first kappa shape index (κ1) is 27.0. The number of fused-ring (bicyclic) bond motifs is 1. The van der Waals surface area contributed by atoms with Gasteiger partial charge in [0, 0.05) is 15.0 Å². The molecule has 5 atom stereocenters. The number of alkyl halides is 2. The normalized spacial score (nSPS) is 29.4. The third kappa shape index (κ3) is 5.62. The van der Waals surface area contributed by atoms with Crippen LogP contribution in [-0.2, 0) is 29.7 Å². The fourth-order valence-corrected chi connectivity index (χ4v) is 9.91. The van der Waals surface area contributed by atoms with E-state index in [4.69, 9.17) is 23.1 Å². The highest BCUT2D eigenvalue weighted by Gasteiger charge is 2.64. The smallest absolute Gasteiger partial charge is 0.349 e. The van der Waals surface area contributed by atoms with Crippen molar-refractivity contribution in [3.63, 3.8) is 0 Å². The standard InChI is InChI=1S/C23H35F2N3O5Si/c1-22(2,3)34(23(4,5)6)31-13-16-19(33-34)20(29-12-15-10-8-7-9-11-15)18(27-28-26)21(32-16)30-14-17(24)25/h7-11,16-21H,12-14H2,1-6H3/t16-,18-,19+,20-,21-/m1/s1. The number of nitrogens with zero attached hydrogens (tertiary/aromatic N) is 3. The lowest BCUT2D eigenvalue weighted by atomic mass is 9.97. The van der Waals surface area contributed by atoms with Crippen LogP contribution in [0.25, 0.3) is 10.4 Å². The summed E-state index contributed by atoms with van der Waals surface area (Å²) in [6.07, 6.45) is -5.93. The molecule has 1 aromatic carbocycles. The molecular weight excluding hydrogens is 464 g/mol. The van der Waals surface area contributed by atoms with Crippen LogP contribution in [0.15, 0.2) is 35.4 Å². The van der Waals surface area contributed by atoms with Crippen LogP contribution in [0, 0.1) is 0 Å². The molecule has 2 aliphatic heterocycles. The summed E-state index contributed by atoms with van der Waals surface area (Å²) in [6.45, 7) is 12.1. The van der Waals surface area contributed by atoms with Crippen molar-refractivity contribution in [1.82, 2.24) is 0 Å². The Balaban J connectivity index is 1.98. The van der Waals surface area contributed by atoms with Gasteiger partial charge in [0.05, 0.1) is 19.3 Å². The minimum absolute atomic E-state index is 0.203. The van der Waals surface area contributed by atoms with Crippen LogP contribution < -0.4 is 0 Å². The van der Waals surface area contributed by atoms with Gasteiger partial charge in [-0.25, -0.2) is 8.78 Å². The van der Waals surface area contributed by atoms with Gasteiger partial charge in [0.25, 0.3) is 6.43 Å². The number of hydrogen-bond donors (Lipinski definition) is 0. The highest BCUT2D eigenvalue weighted by Crippen LogP contribution is 2.55. The second-order valence-electron chi connectivity index (χ2n) is 10.7. The van der Waals surface area contributed by atoms with Gasteiger partial charge < -0.3 is 23.1 Å². The maximum atomic E-state index is 12.9. The average molecular weight is 500 g/mol. The Kier molecular flexibility index (Phi) is 8.40. The van der Waals surface area contributed by atoms with Gasteiger partial charge in [0.1, 0.15) is 24.9 Å². The van der Waals surface area contributed by atoms with Crippen LogP contribution in [0.2, 0.25) is 10.1 Å². The minimum atomic E-state index is -2.91. The van der Waals surface area contributed by atoms with Gasteiger partial charge in [-0.3, -0.25) is 0 Å². The predicted molar refractivity (Wildman–Crippen MR) is 125 cm³/mol. The number of rotatable bonds is 7. The van der Waals surface area contributed by atoms with Crippen molar-refractivity contribution in [2.24, 2.45) is 5.11 Å². The summed E-state index contributed by atoms with van der Waals surface area (Å²) < 4.78 is 56.7. The summed E-state index contributed by atoms with van der Waals surface area (Å²) in [5, 5.41) is 3.27. The molecule has 0 spiro atoms. The minimum Gasteiger partial charge on any atom is -0.391 e. The van der Waals surface area contributed by atoms with Crippen LogP contribution in [0.5, 0.6) is 0 Å². The molecule has 11 heteroatoms. The fraction of sp³-hybridized carbons (Fsp3) is 0.739. The van der Waals surface area contributed by atoms with Crippen molar-refractivity contribution in [1.29, 1.82) is 0 Å². The molecule has 0 N–H and O–H groups in total. The zero-order valence-electron chi connectivity index (χ0n) is 20.6. The second kappa shape index (κ2) is 10.6. The van der Waals surface area contributed by atoms with E-state index in [1.807, 2.05) is 30.3 Å². The number of ether oxygens (including phenoxy) is 3. The van der Waals surface area contributed by atoms with E-state index in [0.29, 0.717) is 0 Å². The Morgan fingerprint density at radius 1 is 1.12 bits per heavy atom. The van der Waals surface area contributed by atoms with Crippen LogP contribution in [-0.4, -0.2) is 58.8 Å². The lowest BCUT2D eigenvalue weighted by Crippen LogP contribution is -2.71. The first-order valence-electron chi connectivity index (χ1n) is 11.5. The molecular formula is C23H35F2N3O5Si. The van der Waals surface area contributed by atoms with Crippen molar-refractivity contribution in [3.8, 4) is 0 Å². The van der Waals surface area contributed by atoms with Gasteiger partial charge in [-0.2, -0.15) is 0 Å². The van der Waals surface area contributed by atoms with E-state index >= 15 is 0 Å². The monoisotopic (exact) mass is 499 g/mol. The van der Waals surface area contributed by atoms with E-state index in [1.165, 1.54) is 0 Å². The van der Waals surface area contributed by atoms with Crippen molar-refractivity contribution < 1.29 is 31.8 Å². The van der Waals surface area contributed by atoms with E-state index < -0.39 is 52.2 Å². The van der Waals surface area contributed by atoms with Crippen molar-refractivity contribution >= 4 is 8.56 Å². The maximum absolute atomic E-state index is 12.9. The molecule has 0 aliphatic carbocycles. The van der Waals surface area contributed by atoms with Crippen LogP contribution in [0.1, 0.15) is 47.1 Å². The van der Waals surface area contributed by atoms with Crippen LogP contribution in [0.3, 0.4) is 0 Å². The molecule has 3 rings (SSSR count). The summed E-state index contributed by atoms with van der Waals surface area (Å²) in [5.41, 5.74) is 10.2. The quantitative estimate of drug-likeness (QED) is 0.207. The Bertz CT molecular complexity index is 844. The highest BCUT2D eigenvalue weighted by molar-refractivity contribution is 6.73. The Labute approximate surface area is 200 Å². The summed E-state index contributed by atoms with van der Waals surface area (Å²) in [5.74, 6) is 0. The summed E-state index contributed by atoms with van der Waals surface area (Å²) >= 11 is 0. The average Bonchev–Trinajstić information content (AvgIpc) is 2.75. The Morgan fingerprint density at radius 3 is 2.32 bits per heavy atom. The molecule has 34 heavy (non-hydrogen) atoms. The molecule has 190 valence electrons. The van der Waals surface area contributed by atoms with E-state index in [1.54, 1.807) is 0 Å². The molecule has 0 amide bonds. The SMILES string of the molecule is CC(C)(C)[Si]1(C(C)(C)C)OC[C@H]2O[C@@H](OCC(F)F)[C@H](N=[N+]=[N-])[C@@H](OCc3ccccc3)[C@H]2O1. The maximum Gasteiger partial charge on any atom is 0.349 e. The largest absolute Gasteiger partial charge is 0.391 e. The molecule has 1 aromatic rings. The number of hydrogen-bond acceptors (Lipinski definition) is 6. The molecule has 0 bridgehead atoms. The van der Waals surface area contributed by atoms with Crippen molar-refractivity contribution in [2.75, 3.05) is 13.2 Å². The molecule has 0 unspecified atom stereocenters. The molecule has 2 saturated heterocycles. The van der Waals surface area contributed by atoms with Crippen LogP contribution >= 0.6 is 0 Å². The molecule has 2 aliphatic rings. The Morgan fingerprint density at radius 2 is 1.76 bits per heavy atom. The highest BCUT2D eigenvalue weighted by atomic mass is 28.4. The van der Waals surface area contributed by atoms with Crippen molar-refractivity contribution in [3.05, 3.63) is 46.3 Å². The summed E-state index contributed by atoms with van der Waals surface area (Å²) in [7, 11) is -2.91. The first-order valence-corrected chi connectivity index (χ1v) is 13.3. The number of azide groups is 1.